The Bertz CT molecular complexity index is 1150. The average molecular weight is 429 g/mol. The van der Waals surface area contributed by atoms with Crippen LogP contribution in [0, 0.1) is 5.82 Å². The summed E-state index contributed by atoms with van der Waals surface area (Å²) in [6.07, 6.45) is 0.297. The molecule has 2 aromatic rings. The quantitative estimate of drug-likeness (QED) is 0.339. The summed E-state index contributed by atoms with van der Waals surface area (Å²) >= 11 is 0. The number of allylic oxidation sites excluding steroid dienone is 4. The lowest BCUT2D eigenvalue weighted by Crippen LogP contribution is -2.28. The zero-order valence-electron chi connectivity index (χ0n) is 16.8. The van der Waals surface area contributed by atoms with Crippen LogP contribution in [0.25, 0.3) is 16.7 Å². The second-order valence-corrected chi connectivity index (χ2v) is 7.05. The van der Waals surface area contributed by atoms with E-state index >= 15 is 0 Å². The van der Waals surface area contributed by atoms with Crippen LogP contribution in [-0.4, -0.2) is 15.9 Å². The van der Waals surface area contributed by atoms with E-state index < -0.39 is 23.5 Å². The lowest BCUT2D eigenvalue weighted by Gasteiger charge is -2.25. The van der Waals surface area contributed by atoms with Gasteiger partial charge in [-0.05, 0) is 60.9 Å². The molecule has 0 saturated heterocycles. The summed E-state index contributed by atoms with van der Waals surface area (Å²) in [5.74, 6) is -1.70. The minimum Gasteiger partial charge on any atom is -0.512 e. The Hall–Kier alpha value is -3.61. The van der Waals surface area contributed by atoms with Crippen molar-refractivity contribution in [1.82, 2.24) is 4.90 Å². The van der Waals surface area contributed by atoms with E-state index in [0.29, 0.717) is 11.8 Å². The van der Waals surface area contributed by atoms with Crippen molar-refractivity contribution >= 4 is 11.5 Å². The predicted octanol–water partition coefficient (Wildman–Crippen LogP) is 6.62. The van der Waals surface area contributed by atoms with Crippen LogP contribution in [0.2, 0.25) is 0 Å². The molecule has 0 aliphatic carbocycles. The first-order valence-electron chi connectivity index (χ1n) is 9.26. The zero-order chi connectivity index (χ0) is 22.9. The Morgan fingerprint density at radius 2 is 1.84 bits per heavy atom. The fourth-order valence-electron chi connectivity index (χ4n) is 3.21. The van der Waals surface area contributed by atoms with E-state index in [4.69, 9.17) is 0 Å². The molecule has 7 heteroatoms. The molecule has 0 unspecified atom stereocenters. The van der Waals surface area contributed by atoms with Crippen LogP contribution < -0.4 is 0 Å². The maximum Gasteiger partial charge on any atom is 0.416 e. The molecule has 0 aromatic heterocycles. The lowest BCUT2D eigenvalue weighted by molar-refractivity contribution is -0.137. The number of carbonyl (C=O) groups excluding carboxylic acids is 1. The van der Waals surface area contributed by atoms with E-state index in [-0.39, 0.29) is 28.0 Å². The number of amides is 1. The number of carbonyl (C=O) groups is 1. The minimum absolute atomic E-state index is 0.0743. The average Bonchev–Trinajstić information content (AvgIpc) is 2.69. The summed E-state index contributed by atoms with van der Waals surface area (Å²) in [7, 11) is 0. The maximum absolute atomic E-state index is 14.3. The van der Waals surface area contributed by atoms with Crippen LogP contribution in [-0.2, 0) is 11.0 Å². The number of benzene rings is 2. The Balaban J connectivity index is 2.07. The Labute approximate surface area is 176 Å². The first-order chi connectivity index (χ1) is 14.5. The summed E-state index contributed by atoms with van der Waals surface area (Å²) in [4.78, 5) is 14.4. The monoisotopic (exact) mass is 429 g/mol. The van der Waals surface area contributed by atoms with Gasteiger partial charge in [0.15, 0.2) is 0 Å². The molecule has 160 valence electrons. The molecule has 2 aromatic carbocycles. The second-order valence-electron chi connectivity index (χ2n) is 7.05. The number of aliphatic hydroxyl groups is 1. The third kappa shape index (κ3) is 4.45. The smallest absolute Gasteiger partial charge is 0.416 e. The van der Waals surface area contributed by atoms with Gasteiger partial charge in [-0.3, -0.25) is 9.69 Å². The van der Waals surface area contributed by atoms with Crippen LogP contribution in [0.4, 0.5) is 17.6 Å². The van der Waals surface area contributed by atoms with E-state index in [1.165, 1.54) is 42.3 Å². The molecule has 0 radical (unpaired) electrons. The molecule has 1 N–H and O–H groups in total. The van der Waals surface area contributed by atoms with Crippen molar-refractivity contribution < 1.29 is 27.5 Å². The molecule has 1 aliphatic heterocycles. The number of alkyl halides is 3. The number of rotatable bonds is 3. The van der Waals surface area contributed by atoms with Gasteiger partial charge in [0.1, 0.15) is 11.6 Å². The summed E-state index contributed by atoms with van der Waals surface area (Å²) < 4.78 is 53.6. The Morgan fingerprint density at radius 1 is 1.13 bits per heavy atom. The van der Waals surface area contributed by atoms with Crippen LogP contribution in [0.15, 0.2) is 84.4 Å². The van der Waals surface area contributed by atoms with E-state index in [2.05, 4.69) is 6.58 Å². The summed E-state index contributed by atoms with van der Waals surface area (Å²) in [5, 5.41) is 10.2. The SMILES string of the molecule is C=C1C(C)=CC=CN1C(=O)/C(=C(\C)O)c1cccc(-c2cc(C(F)(F)F)ccc2F)c1. The topological polar surface area (TPSA) is 40.5 Å². The molecule has 0 atom stereocenters. The normalized spacial score (nSPS) is 15.0. The van der Waals surface area contributed by atoms with Crippen molar-refractivity contribution in [2.75, 3.05) is 0 Å². The third-order valence-corrected chi connectivity index (χ3v) is 4.88. The third-order valence-electron chi connectivity index (χ3n) is 4.88. The van der Waals surface area contributed by atoms with Gasteiger partial charge in [-0.2, -0.15) is 13.2 Å². The molecular weight excluding hydrogens is 410 g/mol. The molecule has 3 rings (SSSR count). The van der Waals surface area contributed by atoms with Crippen LogP contribution in [0.3, 0.4) is 0 Å². The van der Waals surface area contributed by atoms with E-state index in [9.17, 15) is 27.5 Å². The highest BCUT2D eigenvalue weighted by atomic mass is 19.4. The van der Waals surface area contributed by atoms with Crippen molar-refractivity contribution in [2.24, 2.45) is 0 Å². The summed E-state index contributed by atoms with van der Waals surface area (Å²) in [6.45, 7) is 6.97. The highest BCUT2D eigenvalue weighted by molar-refractivity contribution is 6.21. The van der Waals surface area contributed by atoms with Gasteiger partial charge in [-0.15, -0.1) is 0 Å². The molecule has 0 saturated carbocycles. The predicted molar refractivity (Wildman–Crippen MR) is 111 cm³/mol. The Kier molecular flexibility index (Phi) is 5.88. The zero-order valence-corrected chi connectivity index (χ0v) is 16.8. The number of hydrogen-bond acceptors (Lipinski definition) is 2. The summed E-state index contributed by atoms with van der Waals surface area (Å²) in [5.41, 5.74) is 0.215. The van der Waals surface area contributed by atoms with E-state index in [0.717, 1.165) is 17.7 Å². The lowest BCUT2D eigenvalue weighted by atomic mass is 9.96. The number of nitrogens with zero attached hydrogens (tertiary/aromatic N) is 1. The second kappa shape index (κ2) is 8.26. The number of halogens is 4. The maximum atomic E-state index is 14.3. The molecule has 0 spiro atoms. The van der Waals surface area contributed by atoms with Crippen molar-refractivity contribution in [3.63, 3.8) is 0 Å². The van der Waals surface area contributed by atoms with Crippen molar-refractivity contribution in [3.05, 3.63) is 101 Å². The van der Waals surface area contributed by atoms with Gasteiger partial charge in [-0.1, -0.05) is 30.9 Å². The molecule has 1 amide bonds. The van der Waals surface area contributed by atoms with Crippen LogP contribution in [0.5, 0.6) is 0 Å². The van der Waals surface area contributed by atoms with Gasteiger partial charge in [-0.25, -0.2) is 4.39 Å². The van der Waals surface area contributed by atoms with Crippen molar-refractivity contribution in [3.8, 4) is 11.1 Å². The van der Waals surface area contributed by atoms with Crippen LogP contribution >= 0.6 is 0 Å². The molecule has 0 fully saturated rings. The van der Waals surface area contributed by atoms with Gasteiger partial charge >= 0.3 is 6.18 Å². The highest BCUT2D eigenvalue weighted by Gasteiger charge is 2.31. The largest absolute Gasteiger partial charge is 0.512 e. The molecule has 1 heterocycles. The van der Waals surface area contributed by atoms with Gasteiger partial charge in [0.25, 0.3) is 5.91 Å². The highest BCUT2D eigenvalue weighted by Crippen LogP contribution is 2.35. The van der Waals surface area contributed by atoms with Crippen molar-refractivity contribution in [2.45, 2.75) is 20.0 Å². The Morgan fingerprint density at radius 3 is 2.48 bits per heavy atom. The standard InChI is InChI=1S/C24H19F4NO2/c1-14-6-5-11-29(15(14)2)23(31)22(16(3)30)18-8-4-7-17(12-18)20-13-19(24(26,27)28)9-10-21(20)25/h4-13,30H,2H2,1,3H3/b22-16+. The molecular formula is C24H19F4NO2. The van der Waals surface area contributed by atoms with Gasteiger partial charge in [0.05, 0.1) is 11.1 Å². The van der Waals surface area contributed by atoms with Gasteiger partial charge in [0, 0.05) is 17.5 Å². The minimum atomic E-state index is -4.63. The van der Waals surface area contributed by atoms with Crippen molar-refractivity contribution in [1.29, 1.82) is 0 Å². The molecule has 31 heavy (non-hydrogen) atoms. The molecule has 0 bridgehead atoms. The molecule has 3 nitrogen and oxygen atoms in total. The van der Waals surface area contributed by atoms with Gasteiger partial charge < -0.3 is 5.11 Å². The van der Waals surface area contributed by atoms with Gasteiger partial charge in [0.2, 0.25) is 0 Å². The van der Waals surface area contributed by atoms with Crippen LogP contribution in [0.1, 0.15) is 25.0 Å². The first kappa shape index (κ1) is 22.1. The molecule has 1 aliphatic rings. The number of hydrogen-bond donors (Lipinski definition) is 1. The number of aliphatic hydroxyl groups excluding tert-OH is 1. The first-order valence-corrected chi connectivity index (χ1v) is 9.26. The van der Waals surface area contributed by atoms with E-state index in [1.54, 1.807) is 19.1 Å². The summed E-state index contributed by atoms with van der Waals surface area (Å²) in [6, 6.07) is 7.93. The fourth-order valence-corrected chi connectivity index (χ4v) is 3.21. The van der Waals surface area contributed by atoms with E-state index in [1.807, 2.05) is 0 Å². The fraction of sp³-hybridized carbons (Fsp3) is 0.125.